The molecule has 0 aliphatic rings. The topological polar surface area (TPSA) is 58.2 Å². The lowest BCUT2D eigenvalue weighted by atomic mass is 10.1. The first-order valence-corrected chi connectivity index (χ1v) is 7.90. The van der Waals surface area contributed by atoms with Gasteiger partial charge in [0.05, 0.1) is 11.4 Å². The second-order valence-corrected chi connectivity index (χ2v) is 6.18. The van der Waals surface area contributed by atoms with E-state index in [0.717, 1.165) is 24.3 Å². The molecule has 2 aromatic rings. The quantitative estimate of drug-likeness (QED) is 0.628. The predicted molar refractivity (Wildman–Crippen MR) is 90.0 cm³/mol. The molecular weight excluding hydrogens is 437 g/mol. The molecule has 2 rings (SSSR count). The van der Waals surface area contributed by atoms with E-state index in [4.69, 9.17) is 23.2 Å². The zero-order chi connectivity index (χ0) is 21.3. The van der Waals surface area contributed by atoms with Gasteiger partial charge in [-0.05, 0) is 36.4 Å². The van der Waals surface area contributed by atoms with Gasteiger partial charge < -0.3 is 10.6 Å². The highest BCUT2D eigenvalue weighted by Crippen LogP contribution is 2.37. The van der Waals surface area contributed by atoms with E-state index in [9.17, 15) is 35.9 Å². The standard InChI is InChI=1S/C16H8Cl2F6N2O2/c17-7-1-3-11(9(19)5-7)25-13(27)15(21,22)16(23,24)14(28)26-12-4-2-8(18)6-10(12)20/h1-6H,(H,25,27)(H,26,28). The van der Waals surface area contributed by atoms with Crippen molar-refractivity contribution in [2.24, 2.45) is 0 Å². The van der Waals surface area contributed by atoms with Crippen molar-refractivity contribution in [1.82, 2.24) is 0 Å². The molecule has 0 saturated carbocycles. The summed E-state index contributed by atoms with van der Waals surface area (Å²) in [5.74, 6) is -19.1. The van der Waals surface area contributed by atoms with Crippen LogP contribution in [0.15, 0.2) is 36.4 Å². The monoisotopic (exact) mass is 444 g/mol. The largest absolute Gasteiger partial charge is 0.396 e. The first-order valence-electron chi connectivity index (χ1n) is 7.15. The Kier molecular flexibility index (Phi) is 6.15. The molecule has 2 N–H and O–H groups in total. The summed E-state index contributed by atoms with van der Waals surface area (Å²) in [5, 5.41) is 2.21. The molecule has 0 saturated heterocycles. The van der Waals surface area contributed by atoms with Gasteiger partial charge in [0, 0.05) is 10.0 Å². The van der Waals surface area contributed by atoms with Gasteiger partial charge in [0.25, 0.3) is 0 Å². The maximum absolute atomic E-state index is 13.9. The van der Waals surface area contributed by atoms with Gasteiger partial charge in [-0.15, -0.1) is 0 Å². The average molecular weight is 445 g/mol. The number of carbonyl (C=O) groups excluding carboxylic acids is 2. The van der Waals surface area contributed by atoms with Crippen LogP contribution in [0, 0.1) is 11.6 Å². The fraction of sp³-hybridized carbons (Fsp3) is 0.125. The van der Waals surface area contributed by atoms with Crippen molar-refractivity contribution in [3.05, 3.63) is 58.1 Å². The van der Waals surface area contributed by atoms with Crippen molar-refractivity contribution in [2.75, 3.05) is 10.6 Å². The van der Waals surface area contributed by atoms with E-state index < -0.39 is 46.7 Å². The summed E-state index contributed by atoms with van der Waals surface area (Å²) >= 11 is 10.9. The molecule has 0 bridgehead atoms. The molecule has 0 aliphatic heterocycles. The van der Waals surface area contributed by atoms with Gasteiger partial charge in [0.2, 0.25) is 0 Å². The van der Waals surface area contributed by atoms with E-state index in [1.165, 1.54) is 10.6 Å². The normalized spacial score (nSPS) is 11.9. The number of anilines is 2. The Bertz CT molecular complexity index is 864. The minimum Gasteiger partial charge on any atom is -0.318 e. The fourth-order valence-corrected chi connectivity index (χ4v) is 2.19. The molecular formula is C16H8Cl2F6N2O2. The van der Waals surface area contributed by atoms with E-state index in [0.29, 0.717) is 12.1 Å². The summed E-state index contributed by atoms with van der Waals surface area (Å²) < 4.78 is 82.8. The third-order valence-electron chi connectivity index (χ3n) is 3.32. The smallest absolute Gasteiger partial charge is 0.318 e. The summed E-state index contributed by atoms with van der Waals surface area (Å²) in [4.78, 5) is 23.1. The highest BCUT2D eigenvalue weighted by atomic mass is 35.5. The number of amides is 2. The van der Waals surface area contributed by atoms with Crippen LogP contribution in [0.25, 0.3) is 0 Å². The summed E-state index contributed by atoms with van der Waals surface area (Å²) in [6.45, 7) is 0. The number of hydrogen-bond donors (Lipinski definition) is 2. The summed E-state index contributed by atoms with van der Waals surface area (Å²) in [6, 6.07) is 4.81. The van der Waals surface area contributed by atoms with Gasteiger partial charge in [0.15, 0.2) is 0 Å². The van der Waals surface area contributed by atoms with Gasteiger partial charge in [-0.2, -0.15) is 17.6 Å². The van der Waals surface area contributed by atoms with E-state index in [1.54, 1.807) is 0 Å². The molecule has 150 valence electrons. The lowest BCUT2D eigenvalue weighted by Gasteiger charge is -2.24. The SMILES string of the molecule is O=C(Nc1ccc(Cl)cc1F)C(F)(F)C(F)(F)C(=O)Nc1ccc(Cl)cc1F. The van der Waals surface area contributed by atoms with Crippen LogP contribution in [0.4, 0.5) is 37.7 Å². The Morgan fingerprint density at radius 3 is 1.32 bits per heavy atom. The van der Waals surface area contributed by atoms with Crippen LogP contribution in [0.3, 0.4) is 0 Å². The van der Waals surface area contributed by atoms with Gasteiger partial charge in [-0.25, -0.2) is 8.78 Å². The van der Waals surface area contributed by atoms with Gasteiger partial charge >= 0.3 is 23.7 Å². The molecule has 4 nitrogen and oxygen atoms in total. The van der Waals surface area contributed by atoms with Crippen LogP contribution in [0.5, 0.6) is 0 Å². The second kappa shape index (κ2) is 7.88. The number of halogens is 8. The van der Waals surface area contributed by atoms with E-state index in [-0.39, 0.29) is 10.0 Å². The molecule has 0 aliphatic carbocycles. The molecule has 0 fully saturated rings. The lowest BCUT2D eigenvalue weighted by molar-refractivity contribution is -0.204. The molecule has 2 aromatic carbocycles. The van der Waals surface area contributed by atoms with Gasteiger partial charge in [-0.3, -0.25) is 9.59 Å². The average Bonchev–Trinajstić information content (AvgIpc) is 2.59. The number of benzene rings is 2. The molecule has 0 spiro atoms. The van der Waals surface area contributed by atoms with Crippen LogP contribution in [0.2, 0.25) is 10.0 Å². The lowest BCUT2D eigenvalue weighted by Crippen LogP contribution is -2.56. The van der Waals surface area contributed by atoms with Crippen LogP contribution in [-0.2, 0) is 9.59 Å². The van der Waals surface area contributed by atoms with Crippen molar-refractivity contribution in [3.63, 3.8) is 0 Å². The third-order valence-corrected chi connectivity index (χ3v) is 3.79. The maximum Gasteiger partial charge on any atom is 0.396 e. The highest BCUT2D eigenvalue weighted by Gasteiger charge is 2.67. The second-order valence-electron chi connectivity index (χ2n) is 5.31. The number of alkyl halides is 4. The molecule has 2 amide bonds. The van der Waals surface area contributed by atoms with Crippen molar-refractivity contribution in [3.8, 4) is 0 Å². The fourth-order valence-electron chi connectivity index (χ4n) is 1.87. The molecule has 0 radical (unpaired) electrons. The highest BCUT2D eigenvalue weighted by molar-refractivity contribution is 6.31. The molecule has 28 heavy (non-hydrogen) atoms. The molecule has 0 aromatic heterocycles. The number of carbonyl (C=O) groups is 2. The first kappa shape index (κ1) is 21.8. The van der Waals surface area contributed by atoms with Crippen molar-refractivity contribution < 1.29 is 35.9 Å². The third kappa shape index (κ3) is 4.33. The van der Waals surface area contributed by atoms with E-state index in [1.807, 2.05) is 0 Å². The van der Waals surface area contributed by atoms with Crippen molar-refractivity contribution >= 4 is 46.4 Å². The molecule has 0 heterocycles. The Balaban J connectivity index is 2.23. The van der Waals surface area contributed by atoms with Gasteiger partial charge in [-0.1, -0.05) is 23.2 Å². The Morgan fingerprint density at radius 1 is 0.714 bits per heavy atom. The van der Waals surface area contributed by atoms with Crippen molar-refractivity contribution in [1.29, 1.82) is 0 Å². The summed E-state index contributed by atoms with van der Waals surface area (Å²) in [7, 11) is 0. The van der Waals surface area contributed by atoms with E-state index in [2.05, 4.69) is 0 Å². The molecule has 0 unspecified atom stereocenters. The Labute approximate surface area is 163 Å². The van der Waals surface area contributed by atoms with Crippen LogP contribution < -0.4 is 10.6 Å². The molecule has 12 heteroatoms. The van der Waals surface area contributed by atoms with Crippen LogP contribution >= 0.6 is 23.2 Å². The molecule has 0 atom stereocenters. The van der Waals surface area contributed by atoms with Crippen LogP contribution in [0.1, 0.15) is 0 Å². The Hall–Kier alpha value is -2.46. The van der Waals surface area contributed by atoms with E-state index >= 15 is 0 Å². The number of hydrogen-bond acceptors (Lipinski definition) is 2. The summed E-state index contributed by atoms with van der Waals surface area (Å²) in [5.41, 5.74) is -1.73. The number of rotatable bonds is 5. The maximum atomic E-state index is 13.9. The first-order chi connectivity index (χ1) is 12.9. The number of nitrogens with one attached hydrogen (secondary N) is 2. The van der Waals surface area contributed by atoms with Crippen LogP contribution in [-0.4, -0.2) is 23.7 Å². The predicted octanol–water partition coefficient (Wildman–Crippen LogP) is 5.12. The minimum absolute atomic E-state index is 0.142. The van der Waals surface area contributed by atoms with Gasteiger partial charge in [0.1, 0.15) is 11.6 Å². The minimum atomic E-state index is -5.61. The van der Waals surface area contributed by atoms with Crippen molar-refractivity contribution in [2.45, 2.75) is 11.8 Å². The summed E-state index contributed by atoms with van der Waals surface area (Å²) in [6.07, 6.45) is 0. The zero-order valence-electron chi connectivity index (χ0n) is 13.3. The Morgan fingerprint density at radius 2 is 1.04 bits per heavy atom. The zero-order valence-corrected chi connectivity index (χ0v) is 14.8.